The number of nitrogens with one attached hydrogen (secondary N) is 1. The molecule has 0 bridgehead atoms. The average molecular weight is 418 g/mol. The van der Waals surface area contributed by atoms with Crippen LogP contribution in [-0.2, 0) is 4.79 Å². The number of benzene rings is 1. The molecule has 3 amide bonds. The molecule has 0 radical (unpaired) electrons. The van der Waals surface area contributed by atoms with Crippen LogP contribution in [0.25, 0.3) is 0 Å². The molecule has 156 valence electrons. The molecule has 0 spiro atoms. The SMILES string of the molecule is Cc1cccc(N(CC(=O)NCCC(C)C)C(=O)c2snc(C(N)=O)c2N)c1C. The zero-order valence-corrected chi connectivity index (χ0v) is 17.9. The van der Waals surface area contributed by atoms with Crippen LogP contribution in [-0.4, -0.2) is 35.2 Å². The monoisotopic (exact) mass is 417 g/mol. The molecule has 9 heteroatoms. The summed E-state index contributed by atoms with van der Waals surface area (Å²) in [6.07, 6.45) is 0.840. The van der Waals surface area contributed by atoms with Gasteiger partial charge in [0, 0.05) is 12.2 Å². The van der Waals surface area contributed by atoms with Crippen LogP contribution < -0.4 is 21.7 Å². The van der Waals surface area contributed by atoms with Gasteiger partial charge in [-0.2, -0.15) is 4.37 Å². The molecule has 0 aliphatic carbocycles. The Balaban J connectivity index is 2.37. The van der Waals surface area contributed by atoms with Crippen LogP contribution in [0.15, 0.2) is 18.2 Å². The molecule has 1 aromatic carbocycles. The molecule has 0 atom stereocenters. The van der Waals surface area contributed by atoms with Crippen LogP contribution in [0, 0.1) is 19.8 Å². The minimum atomic E-state index is -0.803. The van der Waals surface area contributed by atoms with Crippen molar-refractivity contribution >= 4 is 40.6 Å². The van der Waals surface area contributed by atoms with Gasteiger partial charge in [0.05, 0.1) is 5.69 Å². The Morgan fingerprint density at radius 1 is 1.24 bits per heavy atom. The maximum absolute atomic E-state index is 13.3. The Morgan fingerprint density at radius 2 is 1.93 bits per heavy atom. The number of aryl methyl sites for hydroxylation is 1. The number of nitrogen functional groups attached to an aromatic ring is 1. The number of rotatable bonds is 8. The van der Waals surface area contributed by atoms with Crippen molar-refractivity contribution in [2.24, 2.45) is 11.7 Å². The second kappa shape index (κ2) is 9.51. The van der Waals surface area contributed by atoms with Crippen molar-refractivity contribution in [1.29, 1.82) is 0 Å². The van der Waals surface area contributed by atoms with E-state index in [2.05, 4.69) is 23.5 Å². The molecular formula is C20H27N5O3S. The van der Waals surface area contributed by atoms with E-state index in [9.17, 15) is 14.4 Å². The van der Waals surface area contributed by atoms with Crippen molar-refractivity contribution in [3.63, 3.8) is 0 Å². The van der Waals surface area contributed by atoms with Gasteiger partial charge in [0.15, 0.2) is 5.69 Å². The third kappa shape index (κ3) is 5.32. The molecule has 5 N–H and O–H groups in total. The van der Waals surface area contributed by atoms with Crippen molar-refractivity contribution in [2.75, 3.05) is 23.7 Å². The highest BCUT2D eigenvalue weighted by molar-refractivity contribution is 7.09. The Bertz CT molecular complexity index is 923. The zero-order chi connectivity index (χ0) is 21.7. The van der Waals surface area contributed by atoms with Crippen LogP contribution in [0.2, 0.25) is 0 Å². The summed E-state index contributed by atoms with van der Waals surface area (Å²) in [4.78, 5) is 38.7. The van der Waals surface area contributed by atoms with Gasteiger partial charge >= 0.3 is 0 Å². The number of aromatic nitrogens is 1. The van der Waals surface area contributed by atoms with Gasteiger partial charge in [-0.15, -0.1) is 0 Å². The van der Waals surface area contributed by atoms with E-state index in [4.69, 9.17) is 11.5 Å². The van der Waals surface area contributed by atoms with Crippen molar-refractivity contribution < 1.29 is 14.4 Å². The molecule has 8 nitrogen and oxygen atoms in total. The first-order valence-corrected chi connectivity index (χ1v) is 10.1. The highest BCUT2D eigenvalue weighted by Crippen LogP contribution is 2.28. The van der Waals surface area contributed by atoms with Gasteiger partial charge in [0.25, 0.3) is 11.8 Å². The third-order valence-corrected chi connectivity index (χ3v) is 5.46. The van der Waals surface area contributed by atoms with Gasteiger partial charge in [-0.1, -0.05) is 26.0 Å². The van der Waals surface area contributed by atoms with Crippen molar-refractivity contribution in [1.82, 2.24) is 9.69 Å². The van der Waals surface area contributed by atoms with E-state index in [1.807, 2.05) is 26.0 Å². The van der Waals surface area contributed by atoms with Gasteiger partial charge in [0.2, 0.25) is 5.91 Å². The molecule has 0 aliphatic rings. The second-order valence-corrected chi connectivity index (χ2v) is 8.05. The molecule has 1 heterocycles. The van der Waals surface area contributed by atoms with Gasteiger partial charge in [0.1, 0.15) is 11.4 Å². The number of hydrogen-bond donors (Lipinski definition) is 3. The number of anilines is 2. The second-order valence-electron chi connectivity index (χ2n) is 7.28. The number of primary amides is 1. The Hall–Kier alpha value is -2.94. The van der Waals surface area contributed by atoms with E-state index in [0.29, 0.717) is 18.2 Å². The van der Waals surface area contributed by atoms with Crippen molar-refractivity contribution in [3.05, 3.63) is 39.9 Å². The smallest absolute Gasteiger partial charge is 0.272 e. The first kappa shape index (κ1) is 22.4. The van der Waals surface area contributed by atoms with E-state index in [1.54, 1.807) is 6.07 Å². The van der Waals surface area contributed by atoms with E-state index >= 15 is 0 Å². The first-order chi connectivity index (χ1) is 13.6. The molecule has 1 aromatic heterocycles. The Morgan fingerprint density at radius 3 is 2.52 bits per heavy atom. The van der Waals surface area contributed by atoms with Crippen LogP contribution in [0.4, 0.5) is 11.4 Å². The zero-order valence-electron chi connectivity index (χ0n) is 17.1. The fourth-order valence-corrected chi connectivity index (χ4v) is 3.50. The normalized spacial score (nSPS) is 10.8. The van der Waals surface area contributed by atoms with Gasteiger partial charge in [-0.25, -0.2) is 0 Å². The lowest BCUT2D eigenvalue weighted by atomic mass is 10.1. The summed E-state index contributed by atoms with van der Waals surface area (Å²) in [5.41, 5.74) is 13.4. The number of nitrogens with zero attached hydrogens (tertiary/aromatic N) is 2. The molecule has 2 rings (SSSR count). The average Bonchev–Trinajstić information content (AvgIpc) is 3.03. The Labute approximate surface area is 174 Å². The standard InChI is InChI=1S/C20H27N5O3S/c1-11(2)8-9-23-15(26)10-25(14-7-5-6-12(3)13(14)4)20(28)18-16(21)17(19(22)27)24-29-18/h5-7,11H,8-10,21H2,1-4H3,(H2,22,27)(H,23,26). The van der Waals surface area contributed by atoms with E-state index in [1.165, 1.54) is 4.90 Å². The van der Waals surface area contributed by atoms with E-state index < -0.39 is 11.8 Å². The summed E-state index contributed by atoms with van der Waals surface area (Å²) in [5.74, 6) is -1.13. The van der Waals surface area contributed by atoms with Gasteiger partial charge in [-0.05, 0) is 54.9 Å². The lowest BCUT2D eigenvalue weighted by Gasteiger charge is -2.24. The minimum Gasteiger partial charge on any atom is -0.395 e. The number of nitrogens with two attached hydrogens (primary N) is 2. The molecule has 29 heavy (non-hydrogen) atoms. The van der Waals surface area contributed by atoms with Crippen LogP contribution in [0.1, 0.15) is 51.6 Å². The van der Waals surface area contributed by atoms with Crippen LogP contribution >= 0.6 is 11.5 Å². The van der Waals surface area contributed by atoms with Crippen molar-refractivity contribution in [2.45, 2.75) is 34.1 Å². The predicted octanol–water partition coefficient (Wildman–Crippen LogP) is 2.25. The third-order valence-electron chi connectivity index (χ3n) is 4.61. The number of carbonyl (C=O) groups is 3. The maximum atomic E-state index is 13.3. The maximum Gasteiger partial charge on any atom is 0.272 e. The summed E-state index contributed by atoms with van der Waals surface area (Å²) in [7, 11) is 0. The molecule has 0 aliphatic heterocycles. The predicted molar refractivity (Wildman–Crippen MR) is 115 cm³/mol. The number of hydrogen-bond acceptors (Lipinski definition) is 6. The summed E-state index contributed by atoms with van der Waals surface area (Å²) in [6, 6.07) is 5.52. The quantitative estimate of drug-likeness (QED) is 0.606. The van der Waals surface area contributed by atoms with Gasteiger partial charge in [-0.3, -0.25) is 19.3 Å². The molecular weight excluding hydrogens is 390 g/mol. The molecule has 2 aromatic rings. The minimum absolute atomic E-state index is 0.0666. The fourth-order valence-electron chi connectivity index (χ4n) is 2.75. The molecule has 0 unspecified atom stereocenters. The highest BCUT2D eigenvalue weighted by atomic mass is 32.1. The topological polar surface area (TPSA) is 131 Å². The Kier molecular flexibility index (Phi) is 7.33. The molecule has 0 fully saturated rings. The molecule has 0 saturated carbocycles. The fraction of sp³-hybridized carbons (Fsp3) is 0.400. The summed E-state index contributed by atoms with van der Waals surface area (Å²) in [5, 5.41) is 2.84. The highest BCUT2D eigenvalue weighted by Gasteiger charge is 2.28. The lowest BCUT2D eigenvalue weighted by molar-refractivity contribution is -0.119. The van der Waals surface area contributed by atoms with Crippen LogP contribution in [0.3, 0.4) is 0 Å². The summed E-state index contributed by atoms with van der Waals surface area (Å²) in [6.45, 7) is 8.30. The van der Waals surface area contributed by atoms with E-state index in [0.717, 1.165) is 29.1 Å². The molecule has 0 saturated heterocycles. The number of amides is 3. The lowest BCUT2D eigenvalue weighted by Crippen LogP contribution is -2.41. The summed E-state index contributed by atoms with van der Waals surface area (Å²) >= 11 is 0.796. The first-order valence-electron chi connectivity index (χ1n) is 9.33. The van der Waals surface area contributed by atoms with E-state index in [-0.39, 0.29) is 28.7 Å². The van der Waals surface area contributed by atoms with Crippen molar-refractivity contribution in [3.8, 4) is 0 Å². The van der Waals surface area contributed by atoms with Gasteiger partial charge < -0.3 is 16.8 Å². The summed E-state index contributed by atoms with van der Waals surface area (Å²) < 4.78 is 3.89. The largest absolute Gasteiger partial charge is 0.395 e. The van der Waals surface area contributed by atoms with Crippen LogP contribution in [0.5, 0.6) is 0 Å². The number of carbonyl (C=O) groups excluding carboxylic acids is 3.